The van der Waals surface area contributed by atoms with Gasteiger partial charge in [-0.2, -0.15) is 0 Å². The lowest BCUT2D eigenvalue weighted by atomic mass is 10.1. The molecule has 0 saturated carbocycles. The molecule has 0 aliphatic rings. The Hall–Kier alpha value is -1.57. The van der Waals surface area contributed by atoms with Gasteiger partial charge in [0.05, 0.1) is 0 Å². The second-order valence-electron chi connectivity index (χ2n) is 4.55. The Kier molecular flexibility index (Phi) is 10.6. The minimum absolute atomic E-state index is 0.831. The summed E-state index contributed by atoms with van der Waals surface area (Å²) in [5, 5.41) is 0. The molecule has 1 rings (SSSR count). The third kappa shape index (κ3) is 9.06. The maximum atomic E-state index is 10.1. The van der Waals surface area contributed by atoms with Gasteiger partial charge in [0.25, 0.3) is 0 Å². The first-order chi connectivity index (χ1) is 9.17. The van der Waals surface area contributed by atoms with E-state index in [1.807, 2.05) is 13.0 Å². The summed E-state index contributed by atoms with van der Waals surface area (Å²) in [7, 11) is 0. The van der Waals surface area contributed by atoms with E-state index in [0.717, 1.165) is 38.8 Å². The highest BCUT2D eigenvalue weighted by molar-refractivity contribution is 5.46. The molecule has 0 bridgehead atoms. The van der Waals surface area contributed by atoms with E-state index < -0.39 is 0 Å². The molecule has 0 spiro atoms. The van der Waals surface area contributed by atoms with Gasteiger partial charge < -0.3 is 4.90 Å². The average molecular weight is 261 g/mol. The highest BCUT2D eigenvalue weighted by Gasteiger charge is 1.91. The van der Waals surface area contributed by atoms with Crippen LogP contribution >= 0.6 is 0 Å². The predicted octanol–water partition coefficient (Wildman–Crippen LogP) is 3.99. The Labute approximate surface area is 118 Å². The van der Waals surface area contributed by atoms with Crippen molar-refractivity contribution in [2.24, 2.45) is 0 Å². The standard InChI is InChI=1S/C11H14.C6H13NO/c1-3-4-7-11-8-5-6-10(2)9-11;1-3-5-7(4-2)6-8/h3,5-6,8-9H,1,4,7H2,2H3;6H,3-5H2,1-2H3. The minimum Gasteiger partial charge on any atom is -0.346 e. The molecule has 0 fully saturated rings. The van der Waals surface area contributed by atoms with Crippen LogP contribution in [0.4, 0.5) is 0 Å². The molecule has 0 aromatic heterocycles. The summed E-state index contributed by atoms with van der Waals surface area (Å²) in [6, 6.07) is 8.62. The van der Waals surface area contributed by atoms with Gasteiger partial charge in [0.1, 0.15) is 0 Å². The van der Waals surface area contributed by atoms with Crippen molar-refractivity contribution in [3.05, 3.63) is 48.0 Å². The van der Waals surface area contributed by atoms with E-state index in [1.54, 1.807) is 4.90 Å². The number of amides is 1. The molecule has 1 amide bonds. The Morgan fingerprint density at radius 2 is 2.05 bits per heavy atom. The Morgan fingerprint density at radius 3 is 2.47 bits per heavy atom. The highest BCUT2D eigenvalue weighted by Crippen LogP contribution is 2.06. The molecule has 0 saturated heterocycles. The van der Waals surface area contributed by atoms with Crippen LogP contribution in [0.3, 0.4) is 0 Å². The number of allylic oxidation sites excluding steroid dienone is 1. The number of hydrogen-bond donors (Lipinski definition) is 0. The molecule has 0 radical (unpaired) electrons. The summed E-state index contributed by atoms with van der Waals surface area (Å²) >= 11 is 0. The van der Waals surface area contributed by atoms with Crippen LogP contribution in [0.25, 0.3) is 0 Å². The van der Waals surface area contributed by atoms with Gasteiger partial charge in [-0.1, -0.05) is 42.8 Å². The van der Waals surface area contributed by atoms with Crippen molar-refractivity contribution in [1.29, 1.82) is 0 Å². The molecule has 0 atom stereocenters. The maximum Gasteiger partial charge on any atom is 0.209 e. The summed E-state index contributed by atoms with van der Waals surface area (Å²) in [4.78, 5) is 11.8. The van der Waals surface area contributed by atoms with Gasteiger partial charge in [0.2, 0.25) is 6.41 Å². The number of aryl methyl sites for hydroxylation is 2. The lowest BCUT2D eigenvalue weighted by Gasteiger charge is -2.11. The van der Waals surface area contributed by atoms with Crippen molar-refractivity contribution in [1.82, 2.24) is 4.90 Å². The third-order valence-corrected chi connectivity index (χ3v) is 2.79. The lowest BCUT2D eigenvalue weighted by Crippen LogP contribution is -2.21. The highest BCUT2D eigenvalue weighted by atomic mass is 16.1. The summed E-state index contributed by atoms with van der Waals surface area (Å²) < 4.78 is 0. The van der Waals surface area contributed by atoms with Gasteiger partial charge in [-0.3, -0.25) is 4.79 Å². The zero-order valence-corrected chi connectivity index (χ0v) is 12.6. The molecule has 1 aromatic rings. The van der Waals surface area contributed by atoms with E-state index in [1.165, 1.54) is 11.1 Å². The topological polar surface area (TPSA) is 20.3 Å². The van der Waals surface area contributed by atoms with Gasteiger partial charge in [0, 0.05) is 13.1 Å². The van der Waals surface area contributed by atoms with Crippen LogP contribution in [0.2, 0.25) is 0 Å². The third-order valence-electron chi connectivity index (χ3n) is 2.79. The number of benzene rings is 1. The first kappa shape index (κ1) is 17.4. The summed E-state index contributed by atoms with van der Waals surface area (Å²) in [5.41, 5.74) is 2.75. The minimum atomic E-state index is 0.831. The van der Waals surface area contributed by atoms with Crippen LogP contribution < -0.4 is 0 Å². The maximum absolute atomic E-state index is 10.1. The van der Waals surface area contributed by atoms with Crippen LogP contribution in [0.5, 0.6) is 0 Å². The molecule has 19 heavy (non-hydrogen) atoms. The van der Waals surface area contributed by atoms with E-state index >= 15 is 0 Å². The number of carbonyl (C=O) groups excluding carboxylic acids is 1. The van der Waals surface area contributed by atoms with E-state index in [2.05, 4.69) is 44.7 Å². The van der Waals surface area contributed by atoms with Gasteiger partial charge in [-0.05, 0) is 38.7 Å². The van der Waals surface area contributed by atoms with Crippen LogP contribution in [-0.2, 0) is 11.2 Å². The monoisotopic (exact) mass is 261 g/mol. The largest absolute Gasteiger partial charge is 0.346 e. The van der Waals surface area contributed by atoms with Crippen LogP contribution in [0, 0.1) is 6.92 Å². The van der Waals surface area contributed by atoms with Crippen molar-refractivity contribution in [3.8, 4) is 0 Å². The van der Waals surface area contributed by atoms with Crippen molar-refractivity contribution in [3.63, 3.8) is 0 Å². The van der Waals surface area contributed by atoms with E-state index in [4.69, 9.17) is 0 Å². The summed E-state index contributed by atoms with van der Waals surface area (Å²) in [6.45, 7) is 11.6. The molecule has 0 aliphatic carbocycles. The Balaban J connectivity index is 0.000000362. The molecule has 0 heterocycles. The number of carbonyl (C=O) groups is 1. The Morgan fingerprint density at radius 1 is 1.32 bits per heavy atom. The average Bonchev–Trinajstić information content (AvgIpc) is 2.43. The lowest BCUT2D eigenvalue weighted by molar-refractivity contribution is -0.118. The summed E-state index contributed by atoms with van der Waals surface area (Å²) in [5.74, 6) is 0. The quantitative estimate of drug-likeness (QED) is 0.537. The fourth-order valence-electron chi connectivity index (χ4n) is 1.71. The number of hydrogen-bond acceptors (Lipinski definition) is 1. The second kappa shape index (κ2) is 11.5. The molecule has 1 aromatic carbocycles. The fourth-order valence-corrected chi connectivity index (χ4v) is 1.71. The van der Waals surface area contributed by atoms with Crippen LogP contribution in [0.15, 0.2) is 36.9 Å². The van der Waals surface area contributed by atoms with Gasteiger partial charge in [-0.25, -0.2) is 0 Å². The van der Waals surface area contributed by atoms with Gasteiger partial charge >= 0.3 is 0 Å². The fraction of sp³-hybridized carbons (Fsp3) is 0.471. The van der Waals surface area contributed by atoms with Crippen LogP contribution in [-0.4, -0.2) is 24.4 Å². The van der Waals surface area contributed by atoms with Crippen molar-refractivity contribution in [2.75, 3.05) is 13.1 Å². The second-order valence-corrected chi connectivity index (χ2v) is 4.55. The normalized spacial score (nSPS) is 9.21. The van der Waals surface area contributed by atoms with Crippen molar-refractivity contribution in [2.45, 2.75) is 40.0 Å². The Bertz CT molecular complexity index is 360. The summed E-state index contributed by atoms with van der Waals surface area (Å²) in [6.07, 6.45) is 6.09. The molecular weight excluding hydrogens is 234 g/mol. The van der Waals surface area contributed by atoms with Gasteiger partial charge in [0.15, 0.2) is 0 Å². The first-order valence-electron chi connectivity index (χ1n) is 7.03. The molecule has 2 heteroatoms. The molecule has 0 aliphatic heterocycles. The van der Waals surface area contributed by atoms with Crippen molar-refractivity contribution < 1.29 is 4.79 Å². The smallest absolute Gasteiger partial charge is 0.209 e. The zero-order valence-electron chi connectivity index (χ0n) is 12.6. The first-order valence-corrected chi connectivity index (χ1v) is 7.03. The van der Waals surface area contributed by atoms with Gasteiger partial charge in [-0.15, -0.1) is 6.58 Å². The van der Waals surface area contributed by atoms with E-state index in [-0.39, 0.29) is 0 Å². The molecule has 2 nitrogen and oxygen atoms in total. The number of rotatable bonds is 7. The molecule has 106 valence electrons. The molecule has 0 unspecified atom stereocenters. The van der Waals surface area contributed by atoms with Crippen molar-refractivity contribution >= 4 is 6.41 Å². The predicted molar refractivity (Wildman–Crippen MR) is 83.3 cm³/mol. The molecule has 0 N–H and O–H groups in total. The van der Waals surface area contributed by atoms with E-state index in [0.29, 0.717) is 0 Å². The number of nitrogens with zero attached hydrogens (tertiary/aromatic N) is 1. The zero-order chi connectivity index (χ0) is 14.5. The molecular formula is C17H27NO. The SMILES string of the molecule is C=CCCc1cccc(C)c1.CCCN(C=O)CC. The van der Waals surface area contributed by atoms with Crippen LogP contribution in [0.1, 0.15) is 37.8 Å². The van der Waals surface area contributed by atoms with E-state index in [9.17, 15) is 4.79 Å².